The van der Waals surface area contributed by atoms with Gasteiger partial charge in [-0.05, 0) is 13.0 Å². The van der Waals surface area contributed by atoms with Gasteiger partial charge in [-0.15, -0.1) is 0 Å². The highest BCUT2D eigenvalue weighted by Crippen LogP contribution is 2.68. The number of aliphatic hydroxyl groups is 2. The molecule has 1 aromatic rings. The van der Waals surface area contributed by atoms with Gasteiger partial charge in [0, 0.05) is 6.07 Å². The van der Waals surface area contributed by atoms with Crippen LogP contribution in [0.2, 0.25) is 0 Å². The van der Waals surface area contributed by atoms with Crippen LogP contribution in [0.5, 0.6) is 0 Å². The smallest absolute Gasteiger partial charge is 0.387 e. The van der Waals surface area contributed by atoms with Crippen LogP contribution >= 0.6 is 23.5 Å². The number of ether oxygens (including phenoxy) is 1. The zero-order valence-electron chi connectivity index (χ0n) is 21.4. The minimum absolute atomic E-state index is 0.0864. The van der Waals surface area contributed by atoms with Crippen LogP contribution in [-0.4, -0.2) is 95.9 Å². The predicted molar refractivity (Wildman–Crippen MR) is 139 cm³/mol. The van der Waals surface area contributed by atoms with E-state index >= 15 is 0 Å². The summed E-state index contributed by atoms with van der Waals surface area (Å²) in [6, 6.07) is 3.72. The number of phosphoric ester groups is 2. The lowest BCUT2D eigenvalue weighted by atomic mass is 10.1. The van der Waals surface area contributed by atoms with Crippen molar-refractivity contribution < 1.29 is 70.7 Å². The Balaban J connectivity index is 1.35. The van der Waals surface area contributed by atoms with Gasteiger partial charge >= 0.3 is 23.5 Å². The number of nitrogens with zero attached hydrogens (tertiary/aromatic N) is 5. The van der Waals surface area contributed by atoms with Crippen molar-refractivity contribution in [3.8, 4) is 0 Å². The molecular formula is C18H23N6O16P3. The van der Waals surface area contributed by atoms with E-state index in [1.807, 2.05) is 0 Å². The van der Waals surface area contributed by atoms with Gasteiger partial charge in [0.2, 0.25) is 5.96 Å². The third-order valence-electron chi connectivity index (χ3n) is 5.83. The molecule has 4 rings (SSSR count). The lowest BCUT2D eigenvalue weighted by Gasteiger charge is -2.27. The number of carbonyl (C=O) groups excluding carboxylic acids is 1. The van der Waals surface area contributed by atoms with Gasteiger partial charge in [0.1, 0.15) is 18.3 Å². The molecule has 3 aliphatic rings. The van der Waals surface area contributed by atoms with Crippen LogP contribution in [-0.2, 0) is 40.9 Å². The maximum atomic E-state index is 12.3. The molecule has 0 aromatic heterocycles. The van der Waals surface area contributed by atoms with Gasteiger partial charge in [-0.2, -0.15) is 18.6 Å². The van der Waals surface area contributed by atoms with Gasteiger partial charge in [-0.3, -0.25) is 33.8 Å². The first kappa shape index (κ1) is 33.1. The number of fused-ring (bicyclic) bond motifs is 1. The Morgan fingerprint density at radius 2 is 1.74 bits per heavy atom. The van der Waals surface area contributed by atoms with Crippen molar-refractivity contribution in [1.29, 1.82) is 0 Å². The molecule has 22 nitrogen and oxygen atoms in total. The number of amides is 1. The number of guanidine groups is 1. The van der Waals surface area contributed by atoms with E-state index in [-0.39, 0.29) is 11.4 Å². The van der Waals surface area contributed by atoms with E-state index in [0.29, 0.717) is 0 Å². The summed E-state index contributed by atoms with van der Waals surface area (Å²) in [6.45, 7) is 0.0235. The number of aliphatic hydroxyl groups excluding tert-OH is 2. The molecular weight excluding hydrogens is 649 g/mol. The van der Waals surface area contributed by atoms with E-state index in [1.54, 1.807) is 0 Å². The average molecular weight is 672 g/mol. The van der Waals surface area contributed by atoms with Gasteiger partial charge in [0.05, 0.1) is 29.5 Å². The molecule has 1 fully saturated rings. The number of nitro groups is 1. The lowest BCUT2D eigenvalue weighted by molar-refractivity contribution is -0.386. The second-order valence-electron chi connectivity index (χ2n) is 8.83. The van der Waals surface area contributed by atoms with E-state index in [9.17, 15) is 53.5 Å². The van der Waals surface area contributed by atoms with Crippen LogP contribution in [0.1, 0.15) is 18.6 Å². The normalized spacial score (nSPS) is 30.0. The molecule has 236 valence electrons. The quantitative estimate of drug-likeness (QED) is 0.0920. The number of nitrogens with two attached hydrogens (primary N) is 1. The summed E-state index contributed by atoms with van der Waals surface area (Å²) in [4.78, 5) is 64.2. The Morgan fingerprint density at radius 1 is 1.09 bits per heavy atom. The molecule has 0 spiro atoms. The molecule has 3 aliphatic heterocycles. The predicted octanol–water partition coefficient (Wildman–Crippen LogP) is -0.564. The molecule has 0 aliphatic carbocycles. The molecule has 1 aromatic carbocycles. The van der Waals surface area contributed by atoms with Crippen molar-refractivity contribution in [2.75, 3.05) is 6.61 Å². The molecule has 7 N–H and O–H groups in total. The first-order valence-electron chi connectivity index (χ1n) is 11.7. The number of benzene rings is 1. The standard InChI is InChI=1S/C18H23N6O16P3/c1-8(9-4-2-3-5-10(9)24(28)29)38-42(32,33)40-43(34,35)39-41(30,31)36-6-11-13(25)14(26)17(37-11)23-7-20-12-15(23)21-18(19)22-16(12)27/h2-5,7-8,11-14,17,25-26H,6H2,1H3,(H,30,31)(H,32,33)(H,34,35)(H2,19,22,27). The summed E-state index contributed by atoms with van der Waals surface area (Å²) in [5, 5.41) is 32.0. The first-order chi connectivity index (χ1) is 19.9. The number of nitro benzene ring substituents is 1. The third kappa shape index (κ3) is 7.65. The monoisotopic (exact) mass is 672 g/mol. The molecule has 3 heterocycles. The minimum Gasteiger partial charge on any atom is -0.387 e. The maximum Gasteiger partial charge on any atom is 0.490 e. The number of rotatable bonds is 12. The fraction of sp³-hybridized carbons (Fsp3) is 0.444. The maximum absolute atomic E-state index is 12.3. The van der Waals surface area contributed by atoms with Crippen molar-refractivity contribution in [1.82, 2.24) is 4.90 Å². The number of carbonyl (C=O) groups is 1. The Labute approximate surface area is 240 Å². The van der Waals surface area contributed by atoms with Crippen LogP contribution < -0.4 is 5.73 Å². The number of para-hydroxylation sites is 1. The van der Waals surface area contributed by atoms with E-state index in [2.05, 4.69) is 32.6 Å². The fourth-order valence-electron chi connectivity index (χ4n) is 4.05. The SMILES string of the molecule is CC(OP(=O)(O)OP(=O)(O)OP(=O)(O)OCC1OC(N2C=NC3C(=O)N=C(N)N=C32)C(O)C1O)c1ccccc1[N+](=O)[O-]. The number of phosphoric acid groups is 3. The fourth-order valence-corrected chi connectivity index (χ4v) is 7.71. The molecule has 43 heavy (non-hydrogen) atoms. The van der Waals surface area contributed by atoms with Gasteiger partial charge in [0.15, 0.2) is 18.1 Å². The molecule has 1 saturated heterocycles. The largest absolute Gasteiger partial charge is 0.490 e. The zero-order chi connectivity index (χ0) is 31.9. The molecule has 25 heteroatoms. The number of hydrogen-bond donors (Lipinski definition) is 6. The van der Waals surface area contributed by atoms with Crippen LogP contribution in [0.4, 0.5) is 5.69 Å². The summed E-state index contributed by atoms with van der Waals surface area (Å²) in [5.74, 6) is -1.24. The Morgan fingerprint density at radius 3 is 2.42 bits per heavy atom. The van der Waals surface area contributed by atoms with Crippen molar-refractivity contribution in [3.63, 3.8) is 0 Å². The average Bonchev–Trinajstić information content (AvgIpc) is 3.41. The van der Waals surface area contributed by atoms with E-state index < -0.39 is 89.2 Å². The van der Waals surface area contributed by atoms with Crippen LogP contribution in [0.15, 0.2) is 39.2 Å². The van der Waals surface area contributed by atoms with Crippen molar-refractivity contribution >= 4 is 53.2 Å². The Hall–Kier alpha value is -2.81. The van der Waals surface area contributed by atoms with E-state index in [1.165, 1.54) is 18.2 Å². The summed E-state index contributed by atoms with van der Waals surface area (Å²) in [6.07, 6.45) is -7.06. The summed E-state index contributed by atoms with van der Waals surface area (Å²) < 4.78 is 59.5. The van der Waals surface area contributed by atoms with Gasteiger partial charge in [-0.25, -0.2) is 13.7 Å². The third-order valence-corrected chi connectivity index (χ3v) is 10.2. The van der Waals surface area contributed by atoms with Gasteiger partial charge in [-0.1, -0.05) is 12.1 Å². The van der Waals surface area contributed by atoms with Crippen LogP contribution in [0, 0.1) is 10.1 Å². The number of hydrogen-bond acceptors (Lipinski definition) is 17. The van der Waals surface area contributed by atoms with Crippen molar-refractivity contribution in [3.05, 3.63) is 39.9 Å². The van der Waals surface area contributed by atoms with E-state index in [4.69, 9.17) is 10.5 Å². The first-order valence-corrected chi connectivity index (χ1v) is 16.2. The molecule has 9 atom stereocenters. The molecule has 0 radical (unpaired) electrons. The highest BCUT2D eigenvalue weighted by Gasteiger charge is 2.51. The molecule has 1 amide bonds. The Bertz CT molecular complexity index is 1540. The van der Waals surface area contributed by atoms with Gasteiger partial charge in [0.25, 0.3) is 11.6 Å². The highest BCUT2D eigenvalue weighted by molar-refractivity contribution is 7.66. The van der Waals surface area contributed by atoms with Crippen molar-refractivity contribution in [2.45, 2.75) is 43.6 Å². The number of aliphatic imine (C=N–C) groups is 3. The highest BCUT2D eigenvalue weighted by atomic mass is 31.3. The van der Waals surface area contributed by atoms with Crippen LogP contribution in [0.3, 0.4) is 0 Å². The molecule has 0 bridgehead atoms. The summed E-state index contributed by atoms with van der Waals surface area (Å²) in [5.41, 5.74) is 4.76. The number of amidine groups is 1. The minimum atomic E-state index is -5.92. The topological polar surface area (TPSA) is 325 Å². The lowest BCUT2D eigenvalue weighted by Crippen LogP contribution is -2.49. The van der Waals surface area contributed by atoms with Crippen molar-refractivity contribution in [2.24, 2.45) is 20.7 Å². The molecule has 0 saturated carbocycles. The summed E-state index contributed by atoms with van der Waals surface area (Å²) in [7, 11) is -17.1. The molecule has 9 unspecified atom stereocenters. The van der Waals surface area contributed by atoms with E-state index in [0.717, 1.165) is 24.2 Å². The van der Waals surface area contributed by atoms with Crippen LogP contribution in [0.25, 0.3) is 0 Å². The Kier molecular flexibility index (Phi) is 9.46. The second kappa shape index (κ2) is 12.3. The summed E-state index contributed by atoms with van der Waals surface area (Å²) >= 11 is 0. The van der Waals surface area contributed by atoms with Gasteiger partial charge < -0.3 is 35.4 Å². The second-order valence-corrected chi connectivity index (χ2v) is 13.4. The zero-order valence-corrected chi connectivity index (χ0v) is 24.1.